The van der Waals surface area contributed by atoms with Crippen LogP contribution in [-0.2, 0) is 16.2 Å². The molecule has 1 N–H and O–H groups in total. The van der Waals surface area contributed by atoms with Crippen LogP contribution < -0.4 is 10.4 Å². The van der Waals surface area contributed by atoms with Gasteiger partial charge in [-0.05, 0) is 53.7 Å². The van der Waals surface area contributed by atoms with Gasteiger partial charge in [-0.15, -0.1) is 0 Å². The summed E-state index contributed by atoms with van der Waals surface area (Å²) in [7, 11) is -0.643. The van der Waals surface area contributed by atoms with E-state index in [4.69, 9.17) is 0 Å². The van der Waals surface area contributed by atoms with Crippen molar-refractivity contribution < 1.29 is 0 Å². The van der Waals surface area contributed by atoms with Gasteiger partial charge in [0.25, 0.3) is 0 Å². The summed E-state index contributed by atoms with van der Waals surface area (Å²) in [5, 5.41) is 5.60. The zero-order chi connectivity index (χ0) is 23.0. The molecule has 168 valence electrons. The fourth-order valence-corrected chi connectivity index (χ4v) is 6.52. The predicted molar refractivity (Wildman–Crippen MR) is 135 cm³/mol. The second-order valence-electron chi connectivity index (χ2n) is 12.5. The summed E-state index contributed by atoms with van der Waals surface area (Å²) in [6, 6.07) is 5.02. The maximum Gasteiger partial charge on any atom is 0.0706 e. The van der Waals surface area contributed by atoms with Crippen molar-refractivity contribution in [1.29, 1.82) is 0 Å². The van der Waals surface area contributed by atoms with Gasteiger partial charge in [-0.3, -0.25) is 9.76 Å². The fraction of sp³-hybridized carbons (Fsp3) is 0.769. The molecule has 3 heteroatoms. The molecule has 0 aromatic heterocycles. The van der Waals surface area contributed by atoms with E-state index in [0.29, 0.717) is 0 Å². The van der Waals surface area contributed by atoms with Gasteiger partial charge in [0.1, 0.15) is 0 Å². The van der Waals surface area contributed by atoms with E-state index in [0.717, 1.165) is 13.1 Å². The van der Waals surface area contributed by atoms with Crippen molar-refractivity contribution in [2.45, 2.75) is 119 Å². The SMILES string of the molecule is CCN(CC)P(NC(C)(C)C)c1c(C(C)(C)C)cc(C(C)(C)C)cc1C(C)(C)C. The standard InChI is InChI=1S/C26H49N2P/c1-15-28(16-2)29(27-26(12,13)14)22-20(24(6,7)8)17-19(23(3,4)5)18-21(22)25(9,10)11/h17-18,27H,15-16H2,1-14H3. The van der Waals surface area contributed by atoms with Crippen LogP contribution in [0.1, 0.15) is 114 Å². The molecule has 2 nitrogen and oxygen atoms in total. The third-order valence-corrected chi connectivity index (χ3v) is 8.18. The Hall–Kier alpha value is -0.430. The molecule has 0 radical (unpaired) electrons. The molecule has 0 fully saturated rings. The number of hydrogen-bond acceptors (Lipinski definition) is 2. The van der Waals surface area contributed by atoms with Crippen molar-refractivity contribution >= 4 is 13.5 Å². The molecule has 1 aromatic carbocycles. The van der Waals surface area contributed by atoms with E-state index in [1.807, 2.05) is 0 Å². The number of nitrogens with one attached hydrogen (secondary N) is 1. The summed E-state index contributed by atoms with van der Waals surface area (Å²) in [6.45, 7) is 34.8. The molecule has 0 heterocycles. The Morgan fingerprint density at radius 2 is 1.07 bits per heavy atom. The molecule has 1 rings (SSSR count). The minimum Gasteiger partial charge on any atom is -0.275 e. The average Bonchev–Trinajstić information content (AvgIpc) is 2.50. The number of hydrogen-bond donors (Lipinski definition) is 1. The van der Waals surface area contributed by atoms with Crippen LogP contribution in [0.2, 0.25) is 0 Å². The van der Waals surface area contributed by atoms with E-state index in [1.165, 1.54) is 16.7 Å². The van der Waals surface area contributed by atoms with Crippen LogP contribution in [0, 0.1) is 0 Å². The molecule has 29 heavy (non-hydrogen) atoms. The molecule has 0 amide bonds. The van der Waals surface area contributed by atoms with Crippen LogP contribution in [0.3, 0.4) is 0 Å². The summed E-state index contributed by atoms with van der Waals surface area (Å²) in [5.74, 6) is 0. The van der Waals surface area contributed by atoms with Gasteiger partial charge in [-0.2, -0.15) is 0 Å². The lowest BCUT2D eigenvalue weighted by molar-refractivity contribution is 0.466. The average molecular weight is 421 g/mol. The lowest BCUT2D eigenvalue weighted by Crippen LogP contribution is -2.44. The third kappa shape index (κ3) is 7.05. The van der Waals surface area contributed by atoms with Crippen molar-refractivity contribution in [2.24, 2.45) is 0 Å². The summed E-state index contributed by atoms with van der Waals surface area (Å²) < 4.78 is 2.64. The Morgan fingerprint density at radius 3 is 1.31 bits per heavy atom. The van der Waals surface area contributed by atoms with E-state index < -0.39 is 8.22 Å². The molecule has 0 aliphatic heterocycles. The largest absolute Gasteiger partial charge is 0.275 e. The van der Waals surface area contributed by atoms with E-state index in [2.05, 4.69) is 119 Å². The summed E-state index contributed by atoms with van der Waals surface area (Å²) in [5.41, 5.74) is 4.82. The van der Waals surface area contributed by atoms with Crippen LogP contribution in [-0.4, -0.2) is 23.3 Å². The van der Waals surface area contributed by atoms with E-state index >= 15 is 0 Å². The first-order chi connectivity index (χ1) is 12.8. The molecule has 1 unspecified atom stereocenters. The lowest BCUT2D eigenvalue weighted by atomic mass is 9.75. The maximum atomic E-state index is 4.05. The zero-order valence-corrected chi connectivity index (χ0v) is 22.9. The number of benzene rings is 1. The van der Waals surface area contributed by atoms with Crippen LogP contribution in [0.25, 0.3) is 0 Å². The highest BCUT2D eigenvalue weighted by molar-refractivity contribution is 7.61. The van der Waals surface area contributed by atoms with Crippen molar-refractivity contribution in [2.75, 3.05) is 13.1 Å². The van der Waals surface area contributed by atoms with Crippen LogP contribution in [0.5, 0.6) is 0 Å². The quantitative estimate of drug-likeness (QED) is 0.505. The molecule has 0 saturated carbocycles. The minimum atomic E-state index is -0.643. The van der Waals surface area contributed by atoms with Crippen LogP contribution in [0.4, 0.5) is 0 Å². The Balaban J connectivity index is 4.05. The monoisotopic (exact) mass is 420 g/mol. The van der Waals surface area contributed by atoms with Gasteiger partial charge in [-0.25, -0.2) is 0 Å². The highest BCUT2D eigenvalue weighted by Gasteiger charge is 2.35. The molecule has 0 spiro atoms. The van der Waals surface area contributed by atoms with Crippen LogP contribution in [0.15, 0.2) is 12.1 Å². The van der Waals surface area contributed by atoms with Crippen molar-refractivity contribution in [1.82, 2.24) is 9.76 Å². The number of rotatable bonds is 5. The van der Waals surface area contributed by atoms with Gasteiger partial charge in [0, 0.05) is 23.9 Å². The fourth-order valence-electron chi connectivity index (χ4n) is 3.53. The van der Waals surface area contributed by atoms with Gasteiger partial charge in [0.05, 0.1) is 8.22 Å². The van der Waals surface area contributed by atoms with Gasteiger partial charge in [0.2, 0.25) is 0 Å². The first-order valence-corrected chi connectivity index (χ1v) is 12.6. The highest BCUT2D eigenvalue weighted by atomic mass is 31.1. The Kier molecular flexibility index (Phi) is 8.23. The zero-order valence-electron chi connectivity index (χ0n) is 22.0. The number of nitrogens with zero attached hydrogens (tertiary/aromatic N) is 1. The van der Waals surface area contributed by atoms with Crippen molar-refractivity contribution in [3.05, 3.63) is 28.8 Å². The van der Waals surface area contributed by atoms with Gasteiger partial charge in [-0.1, -0.05) is 88.3 Å². The maximum absolute atomic E-state index is 4.05. The molecular weight excluding hydrogens is 371 g/mol. The highest BCUT2D eigenvalue weighted by Crippen LogP contribution is 2.45. The lowest BCUT2D eigenvalue weighted by Gasteiger charge is -2.42. The Labute approximate surface area is 184 Å². The molecule has 0 saturated heterocycles. The summed E-state index contributed by atoms with van der Waals surface area (Å²) in [6.07, 6.45) is 0. The van der Waals surface area contributed by atoms with Crippen LogP contribution >= 0.6 is 8.22 Å². The predicted octanol–water partition coefficient (Wildman–Crippen LogP) is 7.25. The molecule has 0 aliphatic rings. The van der Waals surface area contributed by atoms with E-state index in [-0.39, 0.29) is 21.8 Å². The molecule has 0 bridgehead atoms. The Bertz CT molecular complexity index is 640. The molecule has 0 aliphatic carbocycles. The normalized spacial score (nSPS) is 15.1. The van der Waals surface area contributed by atoms with Crippen molar-refractivity contribution in [3.8, 4) is 0 Å². The van der Waals surface area contributed by atoms with E-state index in [9.17, 15) is 0 Å². The smallest absolute Gasteiger partial charge is 0.0706 e. The second-order valence-corrected chi connectivity index (χ2v) is 14.3. The minimum absolute atomic E-state index is 0.0568. The summed E-state index contributed by atoms with van der Waals surface area (Å²) in [4.78, 5) is 0. The van der Waals surface area contributed by atoms with E-state index in [1.54, 1.807) is 5.30 Å². The first kappa shape index (κ1) is 26.6. The molecular formula is C26H49N2P. The van der Waals surface area contributed by atoms with Gasteiger partial charge in [0.15, 0.2) is 0 Å². The summed E-state index contributed by atoms with van der Waals surface area (Å²) >= 11 is 0. The topological polar surface area (TPSA) is 15.3 Å². The first-order valence-electron chi connectivity index (χ1n) is 11.3. The Morgan fingerprint density at radius 1 is 0.690 bits per heavy atom. The second kappa shape index (κ2) is 8.97. The van der Waals surface area contributed by atoms with Gasteiger partial charge >= 0.3 is 0 Å². The van der Waals surface area contributed by atoms with Gasteiger partial charge < -0.3 is 0 Å². The third-order valence-electron chi connectivity index (χ3n) is 5.26. The van der Waals surface area contributed by atoms with Crippen molar-refractivity contribution in [3.63, 3.8) is 0 Å². The molecule has 1 atom stereocenters. The molecule has 1 aromatic rings.